The highest BCUT2D eigenvalue weighted by Crippen LogP contribution is 2.36. The summed E-state index contributed by atoms with van der Waals surface area (Å²) in [6.07, 6.45) is 0. The van der Waals surface area contributed by atoms with E-state index in [0.717, 1.165) is 28.1 Å². The van der Waals surface area contributed by atoms with E-state index in [4.69, 9.17) is 17.0 Å². The molecule has 4 rings (SSSR count). The van der Waals surface area contributed by atoms with Crippen LogP contribution in [0.4, 0.5) is 10.1 Å². The van der Waals surface area contributed by atoms with E-state index in [1.165, 1.54) is 12.1 Å². The molecule has 162 valence electrons. The molecule has 0 spiro atoms. The Labute approximate surface area is 187 Å². The number of hydrogen-bond acceptors (Lipinski definition) is 3. The standard InChI is InChI=1S/C24H26FN3O2S/c1-15-4-5-16(2)20(14-15)28-17(3)21(23(29)27-10-12-30-13-11-27)22(26-24(28)31)18-6-8-19(25)9-7-18/h4-9,14,22H,10-13H2,1-3H3,(H,26,31). The van der Waals surface area contributed by atoms with Crippen molar-refractivity contribution in [1.82, 2.24) is 10.2 Å². The molecule has 0 saturated carbocycles. The summed E-state index contributed by atoms with van der Waals surface area (Å²) in [7, 11) is 0. The number of anilines is 1. The number of thiocarbonyl (C=S) groups is 1. The fourth-order valence-corrected chi connectivity index (χ4v) is 4.47. The number of carbonyl (C=O) groups excluding carboxylic acids is 1. The average Bonchev–Trinajstić information content (AvgIpc) is 2.76. The topological polar surface area (TPSA) is 44.8 Å². The number of aryl methyl sites for hydroxylation is 2. The molecule has 1 fully saturated rings. The van der Waals surface area contributed by atoms with Gasteiger partial charge in [0.2, 0.25) is 0 Å². The smallest absolute Gasteiger partial charge is 0.254 e. The van der Waals surface area contributed by atoms with E-state index >= 15 is 0 Å². The van der Waals surface area contributed by atoms with Gasteiger partial charge in [-0.1, -0.05) is 24.3 Å². The molecule has 1 unspecified atom stereocenters. The lowest BCUT2D eigenvalue weighted by Gasteiger charge is -2.40. The van der Waals surface area contributed by atoms with Crippen molar-refractivity contribution in [2.24, 2.45) is 0 Å². The first-order valence-corrected chi connectivity index (χ1v) is 10.8. The van der Waals surface area contributed by atoms with Crippen LogP contribution in [0, 0.1) is 19.7 Å². The Hall–Kier alpha value is -2.77. The third kappa shape index (κ3) is 4.20. The predicted octanol–water partition coefficient (Wildman–Crippen LogP) is 4.01. The number of amides is 1. The van der Waals surface area contributed by atoms with Crippen LogP contribution in [-0.2, 0) is 9.53 Å². The van der Waals surface area contributed by atoms with Crippen molar-refractivity contribution in [3.63, 3.8) is 0 Å². The van der Waals surface area contributed by atoms with Crippen LogP contribution in [-0.4, -0.2) is 42.2 Å². The predicted molar refractivity (Wildman–Crippen MR) is 123 cm³/mol. The summed E-state index contributed by atoms with van der Waals surface area (Å²) in [5.74, 6) is -0.374. The van der Waals surface area contributed by atoms with E-state index in [2.05, 4.69) is 23.5 Å². The minimum absolute atomic E-state index is 0.0552. The molecule has 1 atom stereocenters. The molecule has 2 aliphatic heterocycles. The van der Waals surface area contributed by atoms with Gasteiger partial charge in [-0.3, -0.25) is 9.69 Å². The highest BCUT2D eigenvalue weighted by molar-refractivity contribution is 7.80. The van der Waals surface area contributed by atoms with Crippen LogP contribution >= 0.6 is 12.2 Å². The van der Waals surface area contributed by atoms with Crippen LogP contribution in [0.2, 0.25) is 0 Å². The number of halogens is 1. The highest BCUT2D eigenvalue weighted by atomic mass is 32.1. The van der Waals surface area contributed by atoms with Crippen molar-refractivity contribution in [3.05, 3.63) is 76.2 Å². The van der Waals surface area contributed by atoms with Gasteiger partial charge in [-0.2, -0.15) is 0 Å². The maximum Gasteiger partial charge on any atom is 0.254 e. The Morgan fingerprint density at radius 1 is 1.10 bits per heavy atom. The number of nitrogens with one attached hydrogen (secondary N) is 1. The summed E-state index contributed by atoms with van der Waals surface area (Å²) in [4.78, 5) is 17.4. The zero-order valence-corrected chi connectivity index (χ0v) is 18.8. The molecule has 2 aromatic carbocycles. The number of rotatable bonds is 3. The van der Waals surface area contributed by atoms with Crippen LogP contribution in [0.1, 0.15) is 29.7 Å². The molecule has 1 saturated heterocycles. The number of hydrogen-bond donors (Lipinski definition) is 1. The molecule has 2 aliphatic rings. The van der Waals surface area contributed by atoms with Gasteiger partial charge in [-0.25, -0.2) is 4.39 Å². The Kier molecular flexibility index (Phi) is 6.07. The van der Waals surface area contributed by atoms with Crippen molar-refractivity contribution in [1.29, 1.82) is 0 Å². The van der Waals surface area contributed by atoms with E-state index in [0.29, 0.717) is 37.0 Å². The molecule has 0 bridgehead atoms. The molecule has 0 aliphatic carbocycles. The van der Waals surface area contributed by atoms with E-state index in [-0.39, 0.29) is 11.7 Å². The van der Waals surface area contributed by atoms with Crippen LogP contribution in [0.5, 0.6) is 0 Å². The SMILES string of the molecule is CC1=C(C(=O)N2CCOCC2)C(c2ccc(F)cc2)NC(=S)N1c1cc(C)ccc1C. The van der Waals surface area contributed by atoms with Gasteiger partial charge in [0, 0.05) is 18.8 Å². The molecule has 5 nitrogen and oxygen atoms in total. The summed E-state index contributed by atoms with van der Waals surface area (Å²) < 4.78 is 19.0. The van der Waals surface area contributed by atoms with Gasteiger partial charge < -0.3 is 15.0 Å². The first-order valence-electron chi connectivity index (χ1n) is 10.4. The maximum absolute atomic E-state index is 13.7. The quantitative estimate of drug-likeness (QED) is 0.732. The number of benzene rings is 2. The minimum atomic E-state index is -0.454. The zero-order valence-electron chi connectivity index (χ0n) is 17.9. The van der Waals surface area contributed by atoms with Crippen LogP contribution in [0.15, 0.2) is 53.7 Å². The molecule has 31 heavy (non-hydrogen) atoms. The number of morpholine rings is 1. The maximum atomic E-state index is 13.7. The normalized spacial score (nSPS) is 19.5. The van der Waals surface area contributed by atoms with Crippen LogP contribution < -0.4 is 10.2 Å². The Bertz CT molecular complexity index is 1050. The third-order valence-corrected chi connectivity index (χ3v) is 6.12. The second-order valence-corrected chi connectivity index (χ2v) is 8.35. The third-order valence-electron chi connectivity index (χ3n) is 5.82. The summed E-state index contributed by atoms with van der Waals surface area (Å²) in [5.41, 5.74) is 5.30. The zero-order chi connectivity index (χ0) is 22.1. The van der Waals surface area contributed by atoms with E-state index in [1.54, 1.807) is 12.1 Å². The lowest BCUT2D eigenvalue weighted by atomic mass is 9.93. The molecule has 2 aromatic rings. The van der Waals surface area contributed by atoms with E-state index in [9.17, 15) is 9.18 Å². The number of nitrogens with zero attached hydrogens (tertiary/aromatic N) is 2. The molecule has 0 radical (unpaired) electrons. The van der Waals surface area contributed by atoms with E-state index in [1.807, 2.05) is 30.6 Å². The van der Waals surface area contributed by atoms with Gasteiger partial charge in [0.05, 0.1) is 30.5 Å². The lowest BCUT2D eigenvalue weighted by molar-refractivity contribution is -0.131. The largest absolute Gasteiger partial charge is 0.378 e. The molecule has 2 heterocycles. The van der Waals surface area contributed by atoms with Crippen molar-refractivity contribution in [2.45, 2.75) is 26.8 Å². The van der Waals surface area contributed by atoms with Crippen molar-refractivity contribution in [3.8, 4) is 0 Å². The second kappa shape index (κ2) is 8.77. The van der Waals surface area contributed by atoms with Crippen LogP contribution in [0.25, 0.3) is 0 Å². The minimum Gasteiger partial charge on any atom is -0.378 e. The van der Waals surface area contributed by atoms with Gasteiger partial charge >= 0.3 is 0 Å². The van der Waals surface area contributed by atoms with E-state index < -0.39 is 6.04 Å². The number of carbonyl (C=O) groups is 1. The monoisotopic (exact) mass is 439 g/mol. The van der Waals surface area contributed by atoms with Gasteiger partial charge in [0.25, 0.3) is 5.91 Å². The Balaban J connectivity index is 1.84. The first kappa shape index (κ1) is 21.5. The fourth-order valence-electron chi connectivity index (χ4n) is 4.11. The summed E-state index contributed by atoms with van der Waals surface area (Å²) >= 11 is 5.75. The van der Waals surface area contributed by atoms with Crippen molar-refractivity contribution in [2.75, 3.05) is 31.2 Å². The van der Waals surface area contributed by atoms with Crippen LogP contribution in [0.3, 0.4) is 0 Å². The molecule has 1 N–H and O–H groups in total. The Morgan fingerprint density at radius 3 is 2.45 bits per heavy atom. The van der Waals surface area contributed by atoms with Gasteiger partial charge in [-0.15, -0.1) is 0 Å². The average molecular weight is 440 g/mol. The molecular formula is C24H26FN3O2S. The Morgan fingerprint density at radius 2 is 1.77 bits per heavy atom. The van der Waals surface area contributed by atoms with Gasteiger partial charge in [0.15, 0.2) is 5.11 Å². The van der Waals surface area contributed by atoms with Gasteiger partial charge in [-0.05, 0) is 67.9 Å². The molecule has 1 amide bonds. The fraction of sp³-hybridized carbons (Fsp3) is 0.333. The highest BCUT2D eigenvalue weighted by Gasteiger charge is 2.37. The first-order chi connectivity index (χ1) is 14.9. The number of ether oxygens (including phenoxy) is 1. The van der Waals surface area contributed by atoms with Crippen molar-refractivity contribution < 1.29 is 13.9 Å². The second-order valence-electron chi connectivity index (χ2n) is 7.96. The lowest BCUT2D eigenvalue weighted by Crippen LogP contribution is -2.51. The van der Waals surface area contributed by atoms with Crippen molar-refractivity contribution >= 4 is 28.9 Å². The molecular weight excluding hydrogens is 413 g/mol. The molecule has 0 aromatic heterocycles. The summed E-state index contributed by atoms with van der Waals surface area (Å²) in [6.45, 7) is 8.11. The van der Waals surface area contributed by atoms with Gasteiger partial charge in [0.1, 0.15) is 5.82 Å². The summed E-state index contributed by atoms with van der Waals surface area (Å²) in [5, 5.41) is 3.86. The summed E-state index contributed by atoms with van der Waals surface area (Å²) in [6, 6.07) is 11.9. The number of allylic oxidation sites excluding steroid dienone is 1. The molecule has 7 heteroatoms.